The first-order chi connectivity index (χ1) is 9.66. The Balaban J connectivity index is 1.77. The van der Waals surface area contributed by atoms with Crippen molar-refractivity contribution in [3.05, 3.63) is 29.1 Å². The van der Waals surface area contributed by atoms with Crippen molar-refractivity contribution in [3.63, 3.8) is 0 Å². The van der Waals surface area contributed by atoms with Crippen molar-refractivity contribution >= 4 is 5.91 Å². The van der Waals surface area contributed by atoms with E-state index in [1.54, 1.807) is 0 Å². The van der Waals surface area contributed by atoms with Crippen LogP contribution in [0.15, 0.2) is 12.1 Å². The van der Waals surface area contributed by atoms with Crippen LogP contribution in [-0.4, -0.2) is 17.4 Å². The summed E-state index contributed by atoms with van der Waals surface area (Å²) in [6, 6.07) is 4.21. The normalized spacial score (nSPS) is 19.3. The van der Waals surface area contributed by atoms with E-state index in [-0.39, 0.29) is 22.7 Å². The van der Waals surface area contributed by atoms with Gasteiger partial charge in [0.05, 0.1) is 0 Å². The van der Waals surface area contributed by atoms with E-state index >= 15 is 0 Å². The number of pyridine rings is 1. The number of carbonyl (C=O) groups excluding carboxylic acids is 1. The molecule has 1 N–H and O–H groups in total. The van der Waals surface area contributed by atoms with Gasteiger partial charge in [-0.2, -0.15) is 0 Å². The van der Waals surface area contributed by atoms with Gasteiger partial charge in [-0.05, 0) is 55.2 Å². The molecule has 1 fully saturated rings. The van der Waals surface area contributed by atoms with Gasteiger partial charge in [0.25, 0.3) is 0 Å². The van der Waals surface area contributed by atoms with E-state index in [1.807, 2.05) is 6.92 Å². The number of hydrogen-bond donors (Lipinski definition) is 1. The topological polar surface area (TPSA) is 42.0 Å². The van der Waals surface area contributed by atoms with Crippen molar-refractivity contribution in [3.8, 4) is 0 Å². The average molecular weight is 288 g/mol. The number of carbonyl (C=O) groups is 1. The minimum absolute atomic E-state index is 0.117. The molecule has 1 aromatic heterocycles. The lowest BCUT2D eigenvalue weighted by Gasteiger charge is -2.07. The molecule has 1 amide bonds. The maximum Gasteiger partial charge on any atom is 0.224 e. The molecular formula is C18H28N2O. The summed E-state index contributed by atoms with van der Waals surface area (Å²) in [6.07, 6.45) is 1.86. The van der Waals surface area contributed by atoms with Crippen molar-refractivity contribution in [2.24, 2.45) is 16.7 Å². The van der Waals surface area contributed by atoms with Crippen LogP contribution in [0.1, 0.15) is 51.1 Å². The molecule has 0 unspecified atom stereocenters. The Hall–Kier alpha value is -1.38. The number of aromatic nitrogens is 1. The second-order valence-corrected chi connectivity index (χ2v) is 7.55. The number of aryl methyl sites for hydroxylation is 3. The summed E-state index contributed by atoms with van der Waals surface area (Å²) >= 11 is 0. The van der Waals surface area contributed by atoms with Crippen LogP contribution < -0.4 is 5.32 Å². The van der Waals surface area contributed by atoms with Gasteiger partial charge in [-0.25, -0.2) is 0 Å². The van der Waals surface area contributed by atoms with Gasteiger partial charge in [0.15, 0.2) is 0 Å². The van der Waals surface area contributed by atoms with Crippen LogP contribution in [0.25, 0.3) is 0 Å². The summed E-state index contributed by atoms with van der Waals surface area (Å²) in [5.74, 6) is 0.350. The largest absolute Gasteiger partial charge is 0.356 e. The molecule has 1 heterocycles. The molecule has 0 aromatic carbocycles. The van der Waals surface area contributed by atoms with Crippen molar-refractivity contribution in [2.45, 2.75) is 54.4 Å². The van der Waals surface area contributed by atoms with Crippen LogP contribution in [0, 0.1) is 30.6 Å². The third-order valence-corrected chi connectivity index (χ3v) is 5.34. The number of nitrogens with zero attached hydrogens (tertiary/aromatic N) is 1. The SMILES string of the molecule is Cc1cc(C)nc(CCCNC(=O)C2C(C)(C)C2(C)C)c1. The van der Waals surface area contributed by atoms with E-state index in [9.17, 15) is 4.79 Å². The highest BCUT2D eigenvalue weighted by Gasteiger charge is 2.68. The zero-order valence-corrected chi connectivity index (χ0v) is 14.2. The van der Waals surface area contributed by atoms with Gasteiger partial charge in [0.2, 0.25) is 5.91 Å². The second kappa shape index (κ2) is 5.43. The van der Waals surface area contributed by atoms with Gasteiger partial charge in [0.1, 0.15) is 0 Å². The predicted octanol–water partition coefficient (Wildman–Crippen LogP) is 3.43. The van der Waals surface area contributed by atoms with Crippen LogP contribution in [0.4, 0.5) is 0 Å². The molecule has 21 heavy (non-hydrogen) atoms. The number of nitrogens with one attached hydrogen (secondary N) is 1. The van der Waals surface area contributed by atoms with Crippen molar-refractivity contribution in [2.75, 3.05) is 6.54 Å². The number of hydrogen-bond acceptors (Lipinski definition) is 2. The first kappa shape index (κ1) is 16.0. The zero-order valence-electron chi connectivity index (χ0n) is 14.2. The van der Waals surface area contributed by atoms with E-state index in [0.717, 1.165) is 30.8 Å². The van der Waals surface area contributed by atoms with E-state index in [1.165, 1.54) is 5.56 Å². The molecule has 1 saturated carbocycles. The molecule has 0 radical (unpaired) electrons. The number of rotatable bonds is 5. The summed E-state index contributed by atoms with van der Waals surface area (Å²) in [5, 5.41) is 3.09. The van der Waals surface area contributed by atoms with Gasteiger partial charge in [-0.15, -0.1) is 0 Å². The van der Waals surface area contributed by atoms with Gasteiger partial charge in [-0.1, -0.05) is 27.7 Å². The minimum Gasteiger partial charge on any atom is -0.356 e. The highest BCUT2D eigenvalue weighted by atomic mass is 16.2. The van der Waals surface area contributed by atoms with E-state index in [0.29, 0.717) is 0 Å². The molecule has 116 valence electrons. The lowest BCUT2D eigenvalue weighted by atomic mass is 10.0. The van der Waals surface area contributed by atoms with Crippen LogP contribution in [0.3, 0.4) is 0 Å². The molecule has 0 bridgehead atoms. The van der Waals surface area contributed by atoms with E-state index in [4.69, 9.17) is 0 Å². The molecule has 0 spiro atoms. The summed E-state index contributed by atoms with van der Waals surface area (Å²) in [5.41, 5.74) is 3.67. The quantitative estimate of drug-likeness (QED) is 0.843. The fourth-order valence-electron chi connectivity index (χ4n) is 3.49. The monoisotopic (exact) mass is 288 g/mol. The smallest absolute Gasteiger partial charge is 0.224 e. The van der Waals surface area contributed by atoms with Crippen LogP contribution >= 0.6 is 0 Å². The Kier molecular flexibility index (Phi) is 4.14. The average Bonchev–Trinajstić information content (AvgIpc) is 2.74. The predicted molar refractivity (Wildman–Crippen MR) is 86.1 cm³/mol. The van der Waals surface area contributed by atoms with Crippen LogP contribution in [-0.2, 0) is 11.2 Å². The standard InChI is InChI=1S/C18H28N2O/c1-12-10-13(2)20-14(11-12)8-7-9-19-16(21)15-17(3,4)18(15,5)6/h10-11,15H,7-9H2,1-6H3,(H,19,21). The fraction of sp³-hybridized carbons (Fsp3) is 0.667. The maximum atomic E-state index is 12.2. The Morgan fingerprint density at radius 1 is 1.19 bits per heavy atom. The van der Waals surface area contributed by atoms with Gasteiger partial charge in [0, 0.05) is 23.9 Å². The minimum atomic E-state index is 0.117. The Bertz CT molecular complexity index is 512. The van der Waals surface area contributed by atoms with Gasteiger partial charge >= 0.3 is 0 Å². The summed E-state index contributed by atoms with van der Waals surface area (Å²) in [6.45, 7) is 13.6. The Morgan fingerprint density at radius 2 is 1.81 bits per heavy atom. The highest BCUT2D eigenvalue weighted by molar-refractivity contribution is 5.84. The summed E-state index contributed by atoms with van der Waals surface area (Å²) in [7, 11) is 0. The molecule has 3 nitrogen and oxygen atoms in total. The molecule has 1 aliphatic carbocycles. The van der Waals surface area contributed by atoms with Gasteiger partial charge < -0.3 is 5.32 Å². The maximum absolute atomic E-state index is 12.2. The zero-order chi connectivity index (χ0) is 15.8. The Morgan fingerprint density at radius 3 is 2.33 bits per heavy atom. The first-order valence-corrected chi connectivity index (χ1v) is 7.88. The molecule has 2 rings (SSSR count). The highest BCUT2D eigenvalue weighted by Crippen LogP contribution is 2.68. The third kappa shape index (κ3) is 3.12. The van der Waals surface area contributed by atoms with Crippen molar-refractivity contribution < 1.29 is 4.79 Å². The summed E-state index contributed by atoms with van der Waals surface area (Å²) in [4.78, 5) is 16.8. The molecule has 1 aromatic rings. The third-order valence-electron chi connectivity index (χ3n) is 5.34. The molecule has 0 aliphatic heterocycles. The Labute approximate surface area is 128 Å². The molecule has 1 aliphatic rings. The van der Waals surface area contributed by atoms with Crippen LogP contribution in [0.5, 0.6) is 0 Å². The fourth-order valence-corrected chi connectivity index (χ4v) is 3.49. The second-order valence-electron chi connectivity index (χ2n) is 7.55. The number of amides is 1. The lowest BCUT2D eigenvalue weighted by Crippen LogP contribution is -2.28. The van der Waals surface area contributed by atoms with Crippen molar-refractivity contribution in [1.29, 1.82) is 0 Å². The first-order valence-electron chi connectivity index (χ1n) is 7.88. The molecule has 0 saturated heterocycles. The summed E-state index contributed by atoms with van der Waals surface area (Å²) < 4.78 is 0. The lowest BCUT2D eigenvalue weighted by molar-refractivity contribution is -0.123. The molecule has 3 heteroatoms. The molecular weight excluding hydrogens is 260 g/mol. The van der Waals surface area contributed by atoms with E-state index < -0.39 is 0 Å². The van der Waals surface area contributed by atoms with E-state index in [2.05, 4.69) is 57.1 Å². The van der Waals surface area contributed by atoms with Crippen LogP contribution in [0.2, 0.25) is 0 Å². The van der Waals surface area contributed by atoms with Crippen molar-refractivity contribution in [1.82, 2.24) is 10.3 Å². The molecule has 0 atom stereocenters. The van der Waals surface area contributed by atoms with Gasteiger partial charge in [-0.3, -0.25) is 9.78 Å².